The van der Waals surface area contributed by atoms with Crippen molar-refractivity contribution in [3.05, 3.63) is 47.1 Å². The first-order valence-electron chi connectivity index (χ1n) is 6.09. The summed E-state index contributed by atoms with van der Waals surface area (Å²) in [6.45, 7) is 0. The summed E-state index contributed by atoms with van der Waals surface area (Å²) in [5.41, 5.74) is 1.64. The van der Waals surface area contributed by atoms with E-state index in [-0.39, 0.29) is 5.91 Å². The number of rotatable bonds is 4. The highest BCUT2D eigenvalue weighted by atomic mass is 35.5. The number of anilines is 1. The molecular formula is C14H10ClN3OS2. The maximum Gasteiger partial charge on any atom is 0.234 e. The number of nitrogens with zero attached hydrogens (tertiary/aromatic N) is 2. The lowest BCUT2D eigenvalue weighted by atomic mass is 10.3. The smallest absolute Gasteiger partial charge is 0.234 e. The first-order chi connectivity index (χ1) is 10.2. The van der Waals surface area contributed by atoms with Gasteiger partial charge in [-0.2, -0.15) is 0 Å². The lowest BCUT2D eigenvalue weighted by molar-refractivity contribution is -0.113. The molecule has 0 saturated heterocycles. The number of aromatic nitrogens is 2. The third kappa shape index (κ3) is 3.53. The predicted molar refractivity (Wildman–Crippen MR) is 88.2 cm³/mol. The van der Waals surface area contributed by atoms with Crippen molar-refractivity contribution in [1.29, 1.82) is 0 Å². The summed E-state index contributed by atoms with van der Waals surface area (Å²) in [5.74, 6) is 0.220. The first kappa shape index (κ1) is 14.3. The van der Waals surface area contributed by atoms with Gasteiger partial charge in [0.05, 0.1) is 16.0 Å². The first-order valence-corrected chi connectivity index (χ1v) is 8.33. The normalized spacial score (nSPS) is 10.7. The van der Waals surface area contributed by atoms with E-state index in [0.717, 1.165) is 20.9 Å². The number of hydrogen-bond donors (Lipinski definition) is 1. The Morgan fingerprint density at radius 3 is 2.86 bits per heavy atom. The summed E-state index contributed by atoms with van der Waals surface area (Å²) >= 11 is 8.79. The van der Waals surface area contributed by atoms with E-state index in [2.05, 4.69) is 15.3 Å². The molecule has 2 heterocycles. The molecule has 21 heavy (non-hydrogen) atoms. The molecule has 7 heteroatoms. The molecule has 0 bridgehead atoms. The summed E-state index contributed by atoms with van der Waals surface area (Å²) in [4.78, 5) is 20.4. The molecule has 0 unspecified atom stereocenters. The van der Waals surface area contributed by atoms with Crippen molar-refractivity contribution in [2.75, 3.05) is 11.1 Å². The van der Waals surface area contributed by atoms with E-state index in [0.29, 0.717) is 10.8 Å². The van der Waals surface area contributed by atoms with Gasteiger partial charge in [-0.1, -0.05) is 23.4 Å². The predicted octanol–water partition coefficient (Wildman–Crippen LogP) is 4.08. The molecule has 3 aromatic rings. The van der Waals surface area contributed by atoms with Crippen LogP contribution in [0.2, 0.25) is 5.02 Å². The minimum Gasteiger partial charge on any atom is -0.325 e. The number of amides is 1. The standard InChI is InChI=1S/C14H10ClN3OS2/c15-9-1-3-10(4-2-9)18-12(19)7-21-14-13-11(5-6-20-13)16-8-17-14/h1-6,8H,7H2,(H,18,19). The zero-order chi connectivity index (χ0) is 14.7. The zero-order valence-electron chi connectivity index (χ0n) is 10.7. The molecule has 0 aliphatic heterocycles. The van der Waals surface area contributed by atoms with Gasteiger partial charge >= 0.3 is 0 Å². The summed E-state index contributed by atoms with van der Waals surface area (Å²) in [6, 6.07) is 8.97. The molecule has 0 spiro atoms. The van der Waals surface area contributed by atoms with Crippen LogP contribution in [0.3, 0.4) is 0 Å². The van der Waals surface area contributed by atoms with Gasteiger partial charge in [0.25, 0.3) is 0 Å². The van der Waals surface area contributed by atoms with Crippen molar-refractivity contribution < 1.29 is 4.79 Å². The molecule has 0 aliphatic carbocycles. The second kappa shape index (κ2) is 6.43. The third-order valence-electron chi connectivity index (χ3n) is 2.68. The second-order valence-corrected chi connectivity index (χ2v) is 6.47. The Bertz CT molecular complexity index is 773. The van der Waals surface area contributed by atoms with E-state index >= 15 is 0 Å². The van der Waals surface area contributed by atoms with Crippen LogP contribution in [-0.2, 0) is 4.79 Å². The summed E-state index contributed by atoms with van der Waals surface area (Å²) in [6.07, 6.45) is 1.52. The molecule has 2 aromatic heterocycles. The Kier molecular flexibility index (Phi) is 4.38. The highest BCUT2D eigenvalue weighted by Crippen LogP contribution is 2.28. The number of thiophene rings is 1. The average Bonchev–Trinajstić information content (AvgIpc) is 2.96. The van der Waals surface area contributed by atoms with Crippen LogP contribution in [-0.4, -0.2) is 21.6 Å². The number of carbonyl (C=O) groups excluding carboxylic acids is 1. The van der Waals surface area contributed by atoms with E-state index < -0.39 is 0 Å². The van der Waals surface area contributed by atoms with E-state index in [1.807, 2.05) is 11.4 Å². The quantitative estimate of drug-likeness (QED) is 0.576. The topological polar surface area (TPSA) is 54.9 Å². The van der Waals surface area contributed by atoms with E-state index in [4.69, 9.17) is 11.6 Å². The number of fused-ring (bicyclic) bond motifs is 1. The SMILES string of the molecule is O=C(CSc1ncnc2ccsc12)Nc1ccc(Cl)cc1. The maximum absolute atomic E-state index is 11.9. The number of carbonyl (C=O) groups is 1. The molecule has 0 aliphatic rings. The lowest BCUT2D eigenvalue weighted by Crippen LogP contribution is -2.13. The van der Waals surface area contributed by atoms with Gasteiger partial charge in [-0.3, -0.25) is 4.79 Å². The third-order valence-corrected chi connectivity index (χ3v) is 4.96. The molecule has 0 saturated carbocycles. The number of thioether (sulfide) groups is 1. The van der Waals surface area contributed by atoms with Crippen molar-refractivity contribution in [3.8, 4) is 0 Å². The van der Waals surface area contributed by atoms with E-state index in [1.165, 1.54) is 18.1 Å². The van der Waals surface area contributed by atoms with Crippen molar-refractivity contribution in [3.63, 3.8) is 0 Å². The van der Waals surface area contributed by atoms with Crippen LogP contribution in [0.25, 0.3) is 10.2 Å². The van der Waals surface area contributed by atoms with Gasteiger partial charge in [-0.05, 0) is 35.7 Å². The van der Waals surface area contributed by atoms with E-state index in [9.17, 15) is 4.79 Å². The number of benzene rings is 1. The van der Waals surface area contributed by atoms with Crippen LogP contribution in [0.1, 0.15) is 0 Å². The Morgan fingerprint density at radius 1 is 1.24 bits per heavy atom. The number of halogens is 1. The molecule has 1 amide bonds. The largest absolute Gasteiger partial charge is 0.325 e. The van der Waals surface area contributed by atoms with E-state index in [1.54, 1.807) is 35.6 Å². The van der Waals surface area contributed by atoms with Crippen molar-refractivity contribution in [1.82, 2.24) is 9.97 Å². The monoisotopic (exact) mass is 335 g/mol. The Hall–Kier alpha value is -1.63. The summed E-state index contributed by atoms with van der Waals surface area (Å²) in [5, 5.41) is 6.27. The van der Waals surface area contributed by atoms with Crippen LogP contribution >= 0.6 is 34.7 Å². The average molecular weight is 336 g/mol. The van der Waals surface area contributed by atoms with Crippen molar-refractivity contribution in [2.45, 2.75) is 5.03 Å². The molecule has 1 N–H and O–H groups in total. The Morgan fingerprint density at radius 2 is 2.05 bits per heavy atom. The zero-order valence-corrected chi connectivity index (χ0v) is 13.1. The summed E-state index contributed by atoms with van der Waals surface area (Å²) in [7, 11) is 0. The minimum absolute atomic E-state index is 0.0781. The van der Waals surface area contributed by atoms with Gasteiger partial charge in [0.15, 0.2) is 0 Å². The molecule has 0 atom stereocenters. The molecule has 1 aromatic carbocycles. The molecule has 0 fully saturated rings. The molecular weight excluding hydrogens is 326 g/mol. The van der Waals surface area contributed by atoms with Crippen LogP contribution < -0.4 is 5.32 Å². The van der Waals surface area contributed by atoms with Gasteiger partial charge in [-0.25, -0.2) is 9.97 Å². The fourth-order valence-electron chi connectivity index (χ4n) is 1.73. The van der Waals surface area contributed by atoms with Crippen molar-refractivity contribution in [2.24, 2.45) is 0 Å². The Labute approximate surface area is 134 Å². The van der Waals surface area contributed by atoms with Crippen LogP contribution in [0.5, 0.6) is 0 Å². The number of hydrogen-bond acceptors (Lipinski definition) is 5. The molecule has 0 radical (unpaired) electrons. The van der Waals surface area contributed by atoms with Crippen LogP contribution in [0.4, 0.5) is 5.69 Å². The highest BCUT2D eigenvalue weighted by Gasteiger charge is 2.09. The van der Waals surface area contributed by atoms with Crippen LogP contribution in [0.15, 0.2) is 47.1 Å². The molecule has 3 rings (SSSR count). The summed E-state index contributed by atoms with van der Waals surface area (Å²) < 4.78 is 1.02. The lowest BCUT2D eigenvalue weighted by Gasteiger charge is -2.05. The minimum atomic E-state index is -0.0781. The fourth-order valence-corrected chi connectivity index (χ4v) is 3.61. The van der Waals surface area contributed by atoms with Crippen molar-refractivity contribution >= 4 is 56.5 Å². The maximum atomic E-state index is 11.9. The van der Waals surface area contributed by atoms with Gasteiger partial charge in [0.2, 0.25) is 5.91 Å². The fraction of sp³-hybridized carbons (Fsp3) is 0.0714. The molecule has 4 nitrogen and oxygen atoms in total. The second-order valence-electron chi connectivity index (χ2n) is 4.16. The number of nitrogens with one attached hydrogen (secondary N) is 1. The van der Waals surface area contributed by atoms with Gasteiger partial charge in [-0.15, -0.1) is 11.3 Å². The highest BCUT2D eigenvalue weighted by molar-refractivity contribution is 8.00. The van der Waals surface area contributed by atoms with Gasteiger partial charge < -0.3 is 5.32 Å². The van der Waals surface area contributed by atoms with Crippen LogP contribution in [0, 0.1) is 0 Å². The molecule has 106 valence electrons. The van der Waals surface area contributed by atoms with Gasteiger partial charge in [0.1, 0.15) is 11.4 Å². The Balaban J connectivity index is 1.63. The van der Waals surface area contributed by atoms with Gasteiger partial charge in [0, 0.05) is 10.7 Å².